The molecule has 0 radical (unpaired) electrons. The predicted molar refractivity (Wildman–Crippen MR) is 70.1 cm³/mol. The monoisotopic (exact) mass is 235 g/mol. The molecule has 2 nitrogen and oxygen atoms in total. The first-order valence-electron chi connectivity index (χ1n) is 5.58. The number of thiophene rings is 1. The van der Waals surface area contributed by atoms with E-state index in [-0.39, 0.29) is 0 Å². The Morgan fingerprint density at radius 1 is 1.38 bits per heavy atom. The summed E-state index contributed by atoms with van der Waals surface area (Å²) in [6.07, 6.45) is 0. The van der Waals surface area contributed by atoms with E-state index in [2.05, 4.69) is 35.6 Å². The van der Waals surface area contributed by atoms with Crippen LogP contribution in [0.3, 0.4) is 0 Å². The van der Waals surface area contributed by atoms with Crippen LogP contribution in [0.4, 0.5) is 0 Å². The van der Waals surface area contributed by atoms with Gasteiger partial charge in [0.15, 0.2) is 0 Å². The lowest BCUT2D eigenvalue weighted by Gasteiger charge is -2.13. The lowest BCUT2D eigenvalue weighted by atomic mass is 10.2. The summed E-state index contributed by atoms with van der Waals surface area (Å²) in [4.78, 5) is 1.34. The first-order chi connectivity index (χ1) is 7.85. The molecule has 0 bridgehead atoms. The van der Waals surface area contributed by atoms with Gasteiger partial charge in [-0.15, -0.1) is 11.3 Å². The quantitative estimate of drug-likeness (QED) is 0.859. The minimum atomic E-state index is 0.303. The van der Waals surface area contributed by atoms with Crippen molar-refractivity contribution in [3.8, 4) is 0 Å². The molecule has 86 valence electrons. The summed E-state index contributed by atoms with van der Waals surface area (Å²) in [7, 11) is 1.98. The van der Waals surface area contributed by atoms with E-state index in [1.807, 2.05) is 25.3 Å². The van der Waals surface area contributed by atoms with Gasteiger partial charge in [-0.1, -0.05) is 18.2 Å². The van der Waals surface area contributed by atoms with Crippen LogP contribution in [0.1, 0.15) is 17.8 Å². The van der Waals surface area contributed by atoms with Crippen LogP contribution >= 0.6 is 11.3 Å². The fourth-order valence-corrected chi connectivity index (χ4v) is 2.88. The Balaban J connectivity index is 2.23. The van der Waals surface area contributed by atoms with Gasteiger partial charge in [-0.25, -0.2) is 0 Å². The van der Waals surface area contributed by atoms with Crippen LogP contribution in [0.2, 0.25) is 0 Å². The number of rotatable bonds is 5. The van der Waals surface area contributed by atoms with Gasteiger partial charge in [0, 0.05) is 16.2 Å². The van der Waals surface area contributed by atoms with Crippen LogP contribution < -0.4 is 5.32 Å². The maximum atomic E-state index is 5.48. The van der Waals surface area contributed by atoms with Gasteiger partial charge in [0.25, 0.3) is 0 Å². The molecule has 0 saturated carbocycles. The summed E-state index contributed by atoms with van der Waals surface area (Å²) in [5.74, 6) is 0. The molecule has 0 fully saturated rings. The molecule has 1 unspecified atom stereocenters. The van der Waals surface area contributed by atoms with Gasteiger partial charge in [0.05, 0.1) is 12.6 Å². The number of fused-ring (bicyclic) bond motifs is 1. The zero-order valence-corrected chi connectivity index (χ0v) is 10.5. The van der Waals surface area contributed by atoms with E-state index in [1.54, 1.807) is 0 Å². The van der Waals surface area contributed by atoms with Crippen molar-refractivity contribution in [2.45, 2.75) is 13.0 Å². The van der Waals surface area contributed by atoms with Crippen LogP contribution in [0.5, 0.6) is 0 Å². The fraction of sp³-hybridized carbons (Fsp3) is 0.385. The highest BCUT2D eigenvalue weighted by atomic mass is 32.1. The number of nitrogens with one attached hydrogen (secondary N) is 1. The van der Waals surface area contributed by atoms with Crippen LogP contribution in [0, 0.1) is 0 Å². The van der Waals surface area contributed by atoms with E-state index in [9.17, 15) is 0 Å². The van der Waals surface area contributed by atoms with Crippen molar-refractivity contribution in [3.05, 3.63) is 35.2 Å². The maximum absolute atomic E-state index is 5.48. The average molecular weight is 235 g/mol. The number of ether oxygens (including phenoxy) is 1. The first kappa shape index (κ1) is 11.6. The van der Waals surface area contributed by atoms with Crippen molar-refractivity contribution in [1.29, 1.82) is 0 Å². The summed E-state index contributed by atoms with van der Waals surface area (Å²) in [6, 6.07) is 11.0. The minimum absolute atomic E-state index is 0.303. The maximum Gasteiger partial charge on any atom is 0.0669 e. The topological polar surface area (TPSA) is 21.3 Å². The van der Waals surface area contributed by atoms with Gasteiger partial charge < -0.3 is 10.1 Å². The largest absolute Gasteiger partial charge is 0.380 e. The summed E-state index contributed by atoms with van der Waals surface area (Å²) in [5, 5.41) is 4.62. The third-order valence-electron chi connectivity index (χ3n) is 2.63. The molecular formula is C13H17NOS. The molecule has 2 rings (SSSR count). The molecule has 2 aromatic rings. The number of benzene rings is 1. The summed E-state index contributed by atoms with van der Waals surface area (Å²) in [5.41, 5.74) is 0. The molecule has 1 atom stereocenters. The van der Waals surface area contributed by atoms with E-state index in [4.69, 9.17) is 4.74 Å². The highest BCUT2D eigenvalue weighted by Gasteiger charge is 2.12. The second-order valence-electron chi connectivity index (χ2n) is 3.69. The van der Waals surface area contributed by atoms with E-state index in [0.29, 0.717) is 6.04 Å². The molecule has 0 spiro atoms. The fourth-order valence-electron chi connectivity index (χ4n) is 1.72. The zero-order chi connectivity index (χ0) is 11.4. The van der Waals surface area contributed by atoms with Crippen LogP contribution in [-0.4, -0.2) is 20.3 Å². The van der Waals surface area contributed by atoms with Gasteiger partial charge >= 0.3 is 0 Å². The molecule has 0 aliphatic rings. The van der Waals surface area contributed by atoms with E-state index < -0.39 is 0 Å². The number of hydrogen-bond donors (Lipinski definition) is 1. The predicted octanol–water partition coefficient (Wildman–Crippen LogP) is 3.20. The molecular weight excluding hydrogens is 218 g/mol. The smallest absolute Gasteiger partial charge is 0.0669 e. The summed E-state index contributed by atoms with van der Waals surface area (Å²) >= 11 is 1.84. The standard InChI is InChI=1S/C13H17NOS/c1-3-15-9-11(14-2)13-8-10-6-4-5-7-12(10)16-13/h4-8,11,14H,3,9H2,1-2H3. The van der Waals surface area contributed by atoms with Crippen molar-refractivity contribution < 1.29 is 4.74 Å². The van der Waals surface area contributed by atoms with Crippen LogP contribution in [0.25, 0.3) is 10.1 Å². The SMILES string of the molecule is CCOCC(NC)c1cc2ccccc2s1. The highest BCUT2D eigenvalue weighted by Crippen LogP contribution is 2.29. The Morgan fingerprint density at radius 3 is 2.88 bits per heavy atom. The van der Waals surface area contributed by atoms with Gasteiger partial charge in [-0.3, -0.25) is 0 Å². The Labute approximate surface area is 100 Å². The number of likely N-dealkylation sites (N-methyl/N-ethyl adjacent to an activating group) is 1. The zero-order valence-electron chi connectivity index (χ0n) is 9.69. The van der Waals surface area contributed by atoms with Gasteiger partial charge in [-0.05, 0) is 31.5 Å². The average Bonchev–Trinajstić information content (AvgIpc) is 2.73. The van der Waals surface area contributed by atoms with Gasteiger partial charge in [0.1, 0.15) is 0 Å². The molecule has 0 saturated heterocycles. The second-order valence-corrected chi connectivity index (χ2v) is 4.80. The molecule has 0 aliphatic heterocycles. The van der Waals surface area contributed by atoms with Gasteiger partial charge in [-0.2, -0.15) is 0 Å². The normalized spacial score (nSPS) is 13.1. The Hall–Kier alpha value is -0.900. The van der Waals surface area contributed by atoms with Gasteiger partial charge in [0.2, 0.25) is 0 Å². The molecule has 1 aromatic heterocycles. The summed E-state index contributed by atoms with van der Waals surface area (Å²) < 4.78 is 6.82. The summed E-state index contributed by atoms with van der Waals surface area (Å²) in [6.45, 7) is 3.53. The van der Waals surface area contributed by atoms with Crippen molar-refractivity contribution in [2.75, 3.05) is 20.3 Å². The molecule has 1 heterocycles. The van der Waals surface area contributed by atoms with Crippen molar-refractivity contribution in [2.24, 2.45) is 0 Å². The Morgan fingerprint density at radius 2 is 2.19 bits per heavy atom. The lowest BCUT2D eigenvalue weighted by Crippen LogP contribution is -2.20. The molecule has 1 N–H and O–H groups in total. The number of hydrogen-bond acceptors (Lipinski definition) is 3. The van der Waals surface area contributed by atoms with Crippen LogP contribution in [0.15, 0.2) is 30.3 Å². The van der Waals surface area contributed by atoms with Crippen molar-refractivity contribution >= 4 is 21.4 Å². The third kappa shape index (κ3) is 2.43. The first-order valence-corrected chi connectivity index (χ1v) is 6.40. The van der Waals surface area contributed by atoms with Crippen LogP contribution in [-0.2, 0) is 4.74 Å². The minimum Gasteiger partial charge on any atom is -0.380 e. The second kappa shape index (κ2) is 5.43. The molecule has 0 aliphatic carbocycles. The van der Waals surface area contributed by atoms with Crippen molar-refractivity contribution in [3.63, 3.8) is 0 Å². The Kier molecular flexibility index (Phi) is 3.93. The third-order valence-corrected chi connectivity index (χ3v) is 3.85. The molecule has 0 amide bonds. The lowest BCUT2D eigenvalue weighted by molar-refractivity contribution is 0.126. The molecule has 16 heavy (non-hydrogen) atoms. The molecule has 1 aromatic carbocycles. The van der Waals surface area contributed by atoms with E-state index in [1.165, 1.54) is 15.0 Å². The molecule has 3 heteroatoms. The van der Waals surface area contributed by atoms with E-state index in [0.717, 1.165) is 13.2 Å². The highest BCUT2D eigenvalue weighted by molar-refractivity contribution is 7.19. The van der Waals surface area contributed by atoms with E-state index >= 15 is 0 Å². The Bertz CT molecular complexity index is 419. The van der Waals surface area contributed by atoms with Crippen molar-refractivity contribution in [1.82, 2.24) is 5.32 Å².